The molecule has 0 bridgehead atoms. The van der Waals surface area contributed by atoms with Crippen molar-refractivity contribution < 1.29 is 25.2 Å². The van der Waals surface area contributed by atoms with Gasteiger partial charge in [-0.25, -0.2) is 0 Å². The fraction of sp³-hybridized carbons (Fsp3) is 0.850. The molecule has 0 amide bonds. The number of carboxylic acid groups (broad SMARTS) is 1. The van der Waals surface area contributed by atoms with Gasteiger partial charge in [0.05, 0.1) is 17.8 Å². The van der Waals surface area contributed by atoms with Gasteiger partial charge in [0.25, 0.3) is 0 Å². The van der Waals surface area contributed by atoms with Crippen LogP contribution >= 0.6 is 11.8 Å². The van der Waals surface area contributed by atoms with Crippen molar-refractivity contribution in [1.82, 2.24) is 0 Å². The summed E-state index contributed by atoms with van der Waals surface area (Å²) in [4.78, 5) is 10.5. The molecule has 1 fully saturated rings. The predicted octanol–water partition coefficient (Wildman–Crippen LogP) is 3.36. The molecule has 1 aliphatic carbocycles. The third-order valence-corrected chi connectivity index (χ3v) is 6.86. The van der Waals surface area contributed by atoms with Crippen LogP contribution in [-0.2, 0) is 4.79 Å². The number of aliphatic hydroxyl groups excluding tert-OH is 2. The molecule has 5 atom stereocenters. The number of unbranched alkanes of at least 4 members (excludes halogenated alkanes) is 3. The van der Waals surface area contributed by atoms with Gasteiger partial charge in [0.15, 0.2) is 0 Å². The Bertz CT molecular complexity index is 438. The van der Waals surface area contributed by atoms with E-state index in [-0.39, 0.29) is 17.6 Å². The Hall–Kier alpha value is -0.560. The van der Waals surface area contributed by atoms with Crippen LogP contribution < -0.4 is 0 Å². The molecule has 0 radical (unpaired) electrons. The molecule has 152 valence electrons. The Morgan fingerprint density at radius 1 is 1.19 bits per heavy atom. The fourth-order valence-corrected chi connectivity index (χ4v) is 5.00. The van der Waals surface area contributed by atoms with E-state index < -0.39 is 23.8 Å². The van der Waals surface area contributed by atoms with Crippen LogP contribution in [0.15, 0.2) is 12.2 Å². The molecular formula is C20H36O5S. The van der Waals surface area contributed by atoms with E-state index in [1.165, 1.54) is 0 Å². The standard InChI is InChI=1S/C20H36O5S/c1-3-4-9-12-20(2,25)14-26-19-15(16(21)13-17(19)22)10-7-5-6-8-11-18(23)24/h5,7,15-17,19,21-22,25H,3-4,6,8-14H2,1-2H3,(H,23,24)/t15-,16?,17?,19+,20?/m0/s1. The first-order valence-corrected chi connectivity index (χ1v) is 10.9. The average molecular weight is 389 g/mol. The molecule has 5 nitrogen and oxygen atoms in total. The van der Waals surface area contributed by atoms with E-state index in [1.807, 2.05) is 19.1 Å². The number of aliphatic carboxylic acids is 1. The van der Waals surface area contributed by atoms with Gasteiger partial charge in [0, 0.05) is 29.8 Å². The minimum Gasteiger partial charge on any atom is -0.481 e. The molecule has 0 aliphatic heterocycles. The van der Waals surface area contributed by atoms with Crippen LogP contribution in [0.3, 0.4) is 0 Å². The summed E-state index contributed by atoms with van der Waals surface area (Å²) in [6.45, 7) is 3.99. The van der Waals surface area contributed by atoms with Crippen molar-refractivity contribution in [3.05, 3.63) is 12.2 Å². The minimum absolute atomic E-state index is 0.0304. The number of carboxylic acids is 1. The molecule has 26 heavy (non-hydrogen) atoms. The summed E-state index contributed by atoms with van der Waals surface area (Å²) in [7, 11) is 0. The number of allylic oxidation sites excluding steroid dienone is 2. The van der Waals surface area contributed by atoms with Gasteiger partial charge in [-0.15, -0.1) is 0 Å². The predicted molar refractivity (Wildman–Crippen MR) is 106 cm³/mol. The van der Waals surface area contributed by atoms with E-state index in [4.69, 9.17) is 5.11 Å². The van der Waals surface area contributed by atoms with Gasteiger partial charge in [-0.3, -0.25) is 4.79 Å². The van der Waals surface area contributed by atoms with Crippen molar-refractivity contribution in [3.63, 3.8) is 0 Å². The zero-order chi connectivity index (χ0) is 19.6. The van der Waals surface area contributed by atoms with Crippen molar-refractivity contribution in [2.45, 2.75) is 94.7 Å². The molecule has 6 heteroatoms. The molecule has 0 spiro atoms. The number of thioether (sulfide) groups is 1. The highest BCUT2D eigenvalue weighted by Crippen LogP contribution is 2.39. The van der Waals surface area contributed by atoms with E-state index in [0.717, 1.165) is 25.7 Å². The largest absolute Gasteiger partial charge is 0.481 e. The van der Waals surface area contributed by atoms with Gasteiger partial charge in [-0.05, 0) is 32.6 Å². The van der Waals surface area contributed by atoms with Gasteiger partial charge in [0.2, 0.25) is 0 Å². The highest BCUT2D eigenvalue weighted by atomic mass is 32.2. The lowest BCUT2D eigenvalue weighted by atomic mass is 10.0. The van der Waals surface area contributed by atoms with Crippen LogP contribution in [0.2, 0.25) is 0 Å². The van der Waals surface area contributed by atoms with Crippen molar-refractivity contribution in [3.8, 4) is 0 Å². The molecule has 1 rings (SSSR count). The molecular weight excluding hydrogens is 352 g/mol. The summed E-state index contributed by atoms with van der Waals surface area (Å²) >= 11 is 1.57. The summed E-state index contributed by atoms with van der Waals surface area (Å²) in [5, 5.41) is 39.6. The quantitative estimate of drug-likeness (QED) is 0.285. The van der Waals surface area contributed by atoms with Gasteiger partial charge in [0.1, 0.15) is 0 Å². The Kier molecular flexibility index (Phi) is 10.8. The van der Waals surface area contributed by atoms with E-state index in [2.05, 4.69) is 6.92 Å². The van der Waals surface area contributed by atoms with Crippen LogP contribution in [0.5, 0.6) is 0 Å². The highest BCUT2D eigenvalue weighted by Gasteiger charge is 2.42. The monoisotopic (exact) mass is 388 g/mol. The zero-order valence-electron chi connectivity index (χ0n) is 16.1. The Balaban J connectivity index is 2.45. The number of hydrogen-bond acceptors (Lipinski definition) is 5. The van der Waals surface area contributed by atoms with E-state index in [0.29, 0.717) is 31.4 Å². The lowest BCUT2D eigenvalue weighted by Gasteiger charge is -2.28. The third-order valence-electron chi connectivity index (χ3n) is 5.02. The number of aliphatic hydroxyl groups is 3. The second-order valence-corrected chi connectivity index (χ2v) is 8.92. The van der Waals surface area contributed by atoms with Crippen molar-refractivity contribution in [1.29, 1.82) is 0 Å². The van der Waals surface area contributed by atoms with Gasteiger partial charge >= 0.3 is 5.97 Å². The first-order chi connectivity index (χ1) is 12.3. The molecule has 3 unspecified atom stereocenters. The highest BCUT2D eigenvalue weighted by molar-refractivity contribution is 8.00. The second-order valence-electron chi connectivity index (χ2n) is 7.76. The van der Waals surface area contributed by atoms with Crippen molar-refractivity contribution >= 4 is 17.7 Å². The summed E-state index contributed by atoms with van der Waals surface area (Å²) in [6.07, 6.45) is 9.40. The molecule has 1 saturated carbocycles. The average Bonchev–Trinajstić information content (AvgIpc) is 2.82. The summed E-state index contributed by atoms with van der Waals surface area (Å²) in [5.41, 5.74) is -0.746. The summed E-state index contributed by atoms with van der Waals surface area (Å²) < 4.78 is 0. The first-order valence-electron chi connectivity index (χ1n) is 9.83. The lowest BCUT2D eigenvalue weighted by molar-refractivity contribution is -0.137. The maximum Gasteiger partial charge on any atom is 0.303 e. The number of hydrogen-bond donors (Lipinski definition) is 4. The Morgan fingerprint density at radius 2 is 1.92 bits per heavy atom. The normalized spacial score (nSPS) is 28.5. The molecule has 0 saturated heterocycles. The maximum absolute atomic E-state index is 10.5. The van der Waals surface area contributed by atoms with Crippen LogP contribution in [-0.4, -0.2) is 55.2 Å². The number of carbonyl (C=O) groups is 1. The van der Waals surface area contributed by atoms with Gasteiger partial charge in [-0.2, -0.15) is 11.8 Å². The molecule has 1 aliphatic rings. The van der Waals surface area contributed by atoms with Gasteiger partial charge < -0.3 is 20.4 Å². The van der Waals surface area contributed by atoms with Crippen LogP contribution in [0.1, 0.15) is 71.6 Å². The van der Waals surface area contributed by atoms with E-state index in [9.17, 15) is 20.1 Å². The summed E-state index contributed by atoms with van der Waals surface area (Å²) in [5.74, 6) is -0.253. The Morgan fingerprint density at radius 3 is 2.58 bits per heavy atom. The van der Waals surface area contributed by atoms with Crippen molar-refractivity contribution in [2.24, 2.45) is 5.92 Å². The fourth-order valence-electron chi connectivity index (χ4n) is 3.43. The molecule has 4 N–H and O–H groups in total. The molecule has 0 aromatic rings. The van der Waals surface area contributed by atoms with Crippen LogP contribution in [0, 0.1) is 5.92 Å². The van der Waals surface area contributed by atoms with Crippen molar-refractivity contribution in [2.75, 3.05) is 5.75 Å². The molecule has 0 aromatic heterocycles. The smallest absolute Gasteiger partial charge is 0.303 e. The first kappa shape index (κ1) is 23.5. The summed E-state index contributed by atoms with van der Waals surface area (Å²) in [6, 6.07) is 0. The van der Waals surface area contributed by atoms with Crippen LogP contribution in [0.4, 0.5) is 0 Å². The van der Waals surface area contributed by atoms with E-state index in [1.54, 1.807) is 11.8 Å². The lowest BCUT2D eigenvalue weighted by Crippen LogP contribution is -2.32. The zero-order valence-corrected chi connectivity index (χ0v) is 17.0. The topological polar surface area (TPSA) is 98.0 Å². The minimum atomic E-state index is -0.782. The third kappa shape index (κ3) is 8.89. The van der Waals surface area contributed by atoms with Gasteiger partial charge in [-0.1, -0.05) is 38.3 Å². The maximum atomic E-state index is 10.5. The Labute approximate surface area is 161 Å². The van der Waals surface area contributed by atoms with Crippen LogP contribution in [0.25, 0.3) is 0 Å². The SMILES string of the molecule is CCCCCC(C)(O)CS[C@H]1C(O)CC(O)[C@@H]1CC=CCCCC(=O)O. The number of rotatable bonds is 13. The molecule has 0 heterocycles. The second kappa shape index (κ2) is 12.0. The molecule has 0 aromatic carbocycles. The van der Waals surface area contributed by atoms with E-state index >= 15 is 0 Å².